The number of hydrogen-bond acceptors (Lipinski definition) is 4. The Hall–Kier alpha value is -1.26. The molecule has 3 rings (SSSR count). The molecule has 2 aliphatic rings. The SMILES string of the molecule is COc1cc2c(cc1OC)CCN(CC1(C)CCNC1)CC2. The molecule has 1 unspecified atom stereocenters. The van der Waals surface area contributed by atoms with Crippen molar-refractivity contribution in [2.24, 2.45) is 5.41 Å². The lowest BCUT2D eigenvalue weighted by Crippen LogP contribution is -2.38. The third-order valence-electron chi connectivity index (χ3n) is 5.16. The van der Waals surface area contributed by atoms with E-state index in [0.29, 0.717) is 5.41 Å². The molecule has 2 heterocycles. The van der Waals surface area contributed by atoms with Crippen molar-refractivity contribution < 1.29 is 9.47 Å². The molecule has 0 aromatic heterocycles. The topological polar surface area (TPSA) is 33.7 Å². The van der Waals surface area contributed by atoms with Gasteiger partial charge in [-0.05, 0) is 54.5 Å². The van der Waals surface area contributed by atoms with Gasteiger partial charge in [0.25, 0.3) is 0 Å². The molecule has 1 fully saturated rings. The van der Waals surface area contributed by atoms with Gasteiger partial charge in [0.05, 0.1) is 14.2 Å². The summed E-state index contributed by atoms with van der Waals surface area (Å²) in [7, 11) is 3.42. The van der Waals surface area contributed by atoms with E-state index in [9.17, 15) is 0 Å². The van der Waals surface area contributed by atoms with E-state index < -0.39 is 0 Å². The second-order valence-corrected chi connectivity index (χ2v) is 6.99. The van der Waals surface area contributed by atoms with Crippen LogP contribution in [-0.4, -0.2) is 51.8 Å². The second kappa shape index (κ2) is 6.47. The van der Waals surface area contributed by atoms with Gasteiger partial charge < -0.3 is 19.7 Å². The molecule has 22 heavy (non-hydrogen) atoms. The number of methoxy groups -OCH3 is 2. The summed E-state index contributed by atoms with van der Waals surface area (Å²) in [5.41, 5.74) is 3.26. The van der Waals surface area contributed by atoms with Gasteiger partial charge in [-0.2, -0.15) is 0 Å². The van der Waals surface area contributed by atoms with Crippen LogP contribution in [0, 0.1) is 5.41 Å². The van der Waals surface area contributed by atoms with Crippen molar-refractivity contribution in [2.45, 2.75) is 26.2 Å². The van der Waals surface area contributed by atoms with Crippen molar-refractivity contribution in [1.82, 2.24) is 10.2 Å². The first-order chi connectivity index (χ1) is 10.6. The normalized spacial score (nSPS) is 25.6. The maximum Gasteiger partial charge on any atom is 0.161 e. The van der Waals surface area contributed by atoms with Crippen LogP contribution in [0.25, 0.3) is 0 Å². The fourth-order valence-electron chi connectivity index (χ4n) is 3.80. The minimum atomic E-state index is 0.436. The molecule has 1 aromatic rings. The Balaban J connectivity index is 1.72. The van der Waals surface area contributed by atoms with Crippen molar-refractivity contribution in [3.05, 3.63) is 23.3 Å². The molecule has 122 valence electrons. The molecule has 0 aliphatic carbocycles. The third-order valence-corrected chi connectivity index (χ3v) is 5.16. The summed E-state index contributed by atoms with van der Waals surface area (Å²) in [4.78, 5) is 2.63. The molecule has 1 N–H and O–H groups in total. The Morgan fingerprint density at radius 3 is 2.14 bits per heavy atom. The van der Waals surface area contributed by atoms with Crippen LogP contribution in [0.5, 0.6) is 11.5 Å². The summed E-state index contributed by atoms with van der Waals surface area (Å²) in [6.07, 6.45) is 3.48. The Morgan fingerprint density at radius 2 is 1.68 bits per heavy atom. The number of nitrogens with zero attached hydrogens (tertiary/aromatic N) is 1. The van der Waals surface area contributed by atoms with E-state index in [-0.39, 0.29) is 0 Å². The highest BCUT2D eigenvalue weighted by Gasteiger charge is 2.31. The first-order valence-corrected chi connectivity index (χ1v) is 8.30. The maximum atomic E-state index is 5.45. The highest BCUT2D eigenvalue weighted by Crippen LogP contribution is 2.33. The van der Waals surface area contributed by atoms with Gasteiger partial charge in [0.2, 0.25) is 0 Å². The Kier molecular flexibility index (Phi) is 4.59. The van der Waals surface area contributed by atoms with E-state index in [4.69, 9.17) is 9.47 Å². The van der Waals surface area contributed by atoms with Gasteiger partial charge in [-0.25, -0.2) is 0 Å². The lowest BCUT2D eigenvalue weighted by Gasteiger charge is -2.31. The quantitative estimate of drug-likeness (QED) is 0.924. The molecule has 2 aliphatic heterocycles. The molecule has 0 bridgehead atoms. The van der Waals surface area contributed by atoms with Crippen LogP contribution in [0.2, 0.25) is 0 Å². The molecule has 1 aromatic carbocycles. The molecular weight excluding hydrogens is 276 g/mol. The van der Waals surface area contributed by atoms with E-state index in [1.165, 1.54) is 30.6 Å². The van der Waals surface area contributed by atoms with Gasteiger partial charge in [-0.15, -0.1) is 0 Å². The average Bonchev–Trinajstić information content (AvgIpc) is 2.86. The Bertz CT molecular complexity index is 489. The van der Waals surface area contributed by atoms with E-state index in [1.54, 1.807) is 14.2 Å². The number of rotatable bonds is 4. The highest BCUT2D eigenvalue weighted by molar-refractivity contribution is 5.48. The summed E-state index contributed by atoms with van der Waals surface area (Å²) in [5.74, 6) is 1.70. The van der Waals surface area contributed by atoms with Crippen LogP contribution in [0.3, 0.4) is 0 Å². The largest absolute Gasteiger partial charge is 0.493 e. The Morgan fingerprint density at radius 1 is 1.09 bits per heavy atom. The predicted molar refractivity (Wildman–Crippen MR) is 89.0 cm³/mol. The van der Waals surface area contributed by atoms with Crippen molar-refractivity contribution in [2.75, 3.05) is 46.9 Å². The number of nitrogens with one attached hydrogen (secondary N) is 1. The zero-order valence-corrected chi connectivity index (χ0v) is 14.1. The van der Waals surface area contributed by atoms with Gasteiger partial charge in [0, 0.05) is 26.2 Å². The zero-order valence-electron chi connectivity index (χ0n) is 14.1. The van der Waals surface area contributed by atoms with Crippen LogP contribution in [0.15, 0.2) is 12.1 Å². The van der Waals surface area contributed by atoms with Crippen LogP contribution >= 0.6 is 0 Å². The number of ether oxygens (including phenoxy) is 2. The standard InChI is InChI=1S/C18H28N2O2/c1-18(6-7-19-12-18)13-20-8-4-14-10-16(21-2)17(22-3)11-15(14)5-9-20/h10-11,19H,4-9,12-13H2,1-3H3. The summed E-state index contributed by atoms with van der Waals surface area (Å²) >= 11 is 0. The Labute approximate surface area is 133 Å². The molecular formula is C18H28N2O2. The van der Waals surface area contributed by atoms with Gasteiger partial charge >= 0.3 is 0 Å². The van der Waals surface area contributed by atoms with E-state index in [2.05, 4.69) is 29.3 Å². The molecule has 1 saturated heterocycles. The van der Waals surface area contributed by atoms with Crippen molar-refractivity contribution in [1.29, 1.82) is 0 Å². The zero-order chi connectivity index (χ0) is 15.6. The highest BCUT2D eigenvalue weighted by atomic mass is 16.5. The first-order valence-electron chi connectivity index (χ1n) is 8.30. The summed E-state index contributed by atoms with van der Waals surface area (Å²) in [5, 5.41) is 3.51. The number of fused-ring (bicyclic) bond motifs is 1. The van der Waals surface area contributed by atoms with Crippen molar-refractivity contribution >= 4 is 0 Å². The average molecular weight is 304 g/mol. The lowest BCUT2D eigenvalue weighted by atomic mass is 9.89. The van der Waals surface area contributed by atoms with Crippen LogP contribution < -0.4 is 14.8 Å². The van der Waals surface area contributed by atoms with Crippen molar-refractivity contribution in [3.63, 3.8) is 0 Å². The summed E-state index contributed by atoms with van der Waals surface area (Å²) < 4.78 is 10.9. The fourth-order valence-corrected chi connectivity index (χ4v) is 3.80. The van der Waals surface area contributed by atoms with Crippen LogP contribution in [0.4, 0.5) is 0 Å². The first kappa shape index (κ1) is 15.6. The summed E-state index contributed by atoms with van der Waals surface area (Å²) in [6.45, 7) is 8.20. The molecule has 4 nitrogen and oxygen atoms in total. The number of hydrogen-bond donors (Lipinski definition) is 1. The predicted octanol–water partition coefficient (Wildman–Crippen LogP) is 2.10. The molecule has 0 spiro atoms. The number of benzene rings is 1. The van der Waals surface area contributed by atoms with Crippen LogP contribution in [0.1, 0.15) is 24.5 Å². The minimum absolute atomic E-state index is 0.436. The van der Waals surface area contributed by atoms with E-state index in [0.717, 1.165) is 44.0 Å². The molecule has 1 atom stereocenters. The van der Waals surface area contributed by atoms with Gasteiger partial charge in [-0.1, -0.05) is 6.92 Å². The van der Waals surface area contributed by atoms with Crippen LogP contribution in [-0.2, 0) is 12.8 Å². The summed E-state index contributed by atoms with van der Waals surface area (Å²) in [6, 6.07) is 4.33. The smallest absolute Gasteiger partial charge is 0.161 e. The second-order valence-electron chi connectivity index (χ2n) is 6.99. The molecule has 0 radical (unpaired) electrons. The maximum absolute atomic E-state index is 5.45. The third kappa shape index (κ3) is 3.23. The lowest BCUT2D eigenvalue weighted by molar-refractivity contribution is 0.184. The monoisotopic (exact) mass is 304 g/mol. The molecule has 0 amide bonds. The van der Waals surface area contributed by atoms with E-state index >= 15 is 0 Å². The van der Waals surface area contributed by atoms with Crippen molar-refractivity contribution in [3.8, 4) is 11.5 Å². The molecule has 0 saturated carbocycles. The minimum Gasteiger partial charge on any atom is -0.493 e. The molecule has 4 heteroatoms. The van der Waals surface area contributed by atoms with Gasteiger partial charge in [0.15, 0.2) is 11.5 Å². The van der Waals surface area contributed by atoms with Gasteiger partial charge in [0.1, 0.15) is 0 Å². The fraction of sp³-hybridized carbons (Fsp3) is 0.667. The van der Waals surface area contributed by atoms with E-state index in [1.807, 2.05) is 0 Å². The van der Waals surface area contributed by atoms with Gasteiger partial charge in [-0.3, -0.25) is 0 Å².